The number of nitrogen functional groups attached to an aromatic ring is 1. The van der Waals surface area contributed by atoms with E-state index in [1.54, 1.807) is 18.3 Å². The van der Waals surface area contributed by atoms with Crippen LogP contribution in [0.4, 0.5) is 26.4 Å². The highest BCUT2D eigenvalue weighted by molar-refractivity contribution is 6.00. The molecule has 0 spiro atoms. The van der Waals surface area contributed by atoms with Gasteiger partial charge in [0.25, 0.3) is 0 Å². The number of fused-ring (bicyclic) bond motifs is 2. The first-order chi connectivity index (χ1) is 16.0. The van der Waals surface area contributed by atoms with E-state index < -0.39 is 11.8 Å². The van der Waals surface area contributed by atoms with Crippen LogP contribution in [0.15, 0.2) is 24.5 Å². The van der Waals surface area contributed by atoms with Crippen molar-refractivity contribution in [2.24, 2.45) is 5.92 Å². The molecule has 3 aromatic rings. The van der Waals surface area contributed by atoms with Gasteiger partial charge in [-0.15, -0.1) is 0 Å². The average Bonchev–Trinajstić information content (AvgIpc) is 2.80. The van der Waals surface area contributed by atoms with Crippen molar-refractivity contribution in [2.75, 3.05) is 29.5 Å². The number of ether oxygens (including phenoxy) is 1. The van der Waals surface area contributed by atoms with Crippen molar-refractivity contribution in [3.05, 3.63) is 35.9 Å². The number of halogens is 1. The number of nitriles is 1. The van der Waals surface area contributed by atoms with E-state index >= 15 is 4.39 Å². The zero-order valence-corrected chi connectivity index (χ0v) is 17.9. The van der Waals surface area contributed by atoms with Crippen molar-refractivity contribution in [1.29, 1.82) is 5.26 Å². The summed E-state index contributed by atoms with van der Waals surface area (Å²) in [6.07, 6.45) is 4.55. The molecule has 5 rings (SSSR count). The third-order valence-corrected chi connectivity index (χ3v) is 6.23. The molecule has 1 fully saturated rings. The van der Waals surface area contributed by atoms with E-state index in [2.05, 4.69) is 32.0 Å². The largest absolute Gasteiger partial charge is 0.474 e. The molecule has 1 aliphatic carbocycles. The van der Waals surface area contributed by atoms with Crippen LogP contribution in [-0.2, 0) is 0 Å². The van der Waals surface area contributed by atoms with Crippen LogP contribution in [0.2, 0.25) is 0 Å². The van der Waals surface area contributed by atoms with Crippen LogP contribution in [0.3, 0.4) is 0 Å². The van der Waals surface area contributed by atoms with Gasteiger partial charge in [-0.2, -0.15) is 5.26 Å². The summed E-state index contributed by atoms with van der Waals surface area (Å²) in [5, 5.41) is 18.8. The Bertz CT molecular complexity index is 1320. The van der Waals surface area contributed by atoms with Gasteiger partial charge in [-0.1, -0.05) is 0 Å². The summed E-state index contributed by atoms with van der Waals surface area (Å²) in [4.78, 5) is 20.8. The molecule has 2 aliphatic rings. The van der Waals surface area contributed by atoms with Gasteiger partial charge in [0.1, 0.15) is 18.1 Å². The summed E-state index contributed by atoms with van der Waals surface area (Å²) in [7, 11) is 0. The van der Waals surface area contributed by atoms with Gasteiger partial charge in [-0.05, 0) is 42.8 Å². The van der Waals surface area contributed by atoms with Crippen LogP contribution in [0.1, 0.15) is 18.4 Å². The SMILES string of the molecule is Cc1c(-c2cc3cc(NC(=O)N[C@H]4CCC4C#N)ncc3c(N)c2F)cnc2c1NCCO2. The van der Waals surface area contributed by atoms with Crippen molar-refractivity contribution >= 4 is 34.0 Å². The Kier molecular flexibility index (Phi) is 5.09. The molecule has 0 radical (unpaired) electrons. The third kappa shape index (κ3) is 3.61. The molecule has 3 heterocycles. The van der Waals surface area contributed by atoms with E-state index in [9.17, 15) is 4.79 Å². The van der Waals surface area contributed by atoms with E-state index in [0.717, 1.165) is 24.1 Å². The second-order valence-electron chi connectivity index (χ2n) is 8.21. The number of hydrogen-bond acceptors (Lipinski definition) is 7. The maximum atomic E-state index is 15.3. The summed E-state index contributed by atoms with van der Waals surface area (Å²) in [5.41, 5.74) is 8.51. The molecule has 2 atom stereocenters. The molecule has 9 nitrogen and oxygen atoms in total. The molecule has 2 amide bonds. The van der Waals surface area contributed by atoms with Gasteiger partial charge >= 0.3 is 6.03 Å². The lowest BCUT2D eigenvalue weighted by atomic mass is 9.81. The van der Waals surface area contributed by atoms with Crippen LogP contribution < -0.4 is 26.4 Å². The number of carbonyl (C=O) groups is 1. The first kappa shape index (κ1) is 20.8. The Hall–Kier alpha value is -4.13. The first-order valence-corrected chi connectivity index (χ1v) is 10.7. The maximum absolute atomic E-state index is 15.3. The Morgan fingerprint density at radius 2 is 2.15 bits per heavy atom. The fourth-order valence-corrected chi connectivity index (χ4v) is 4.20. The van der Waals surface area contributed by atoms with Crippen molar-refractivity contribution in [3.63, 3.8) is 0 Å². The topological polar surface area (TPSA) is 138 Å². The minimum atomic E-state index is -0.558. The summed E-state index contributed by atoms with van der Waals surface area (Å²) >= 11 is 0. The normalized spacial score (nSPS) is 18.8. The van der Waals surface area contributed by atoms with Gasteiger partial charge in [-0.25, -0.2) is 19.2 Å². The Morgan fingerprint density at radius 3 is 2.91 bits per heavy atom. The summed E-state index contributed by atoms with van der Waals surface area (Å²) in [6.45, 7) is 3.03. The van der Waals surface area contributed by atoms with E-state index in [1.807, 2.05) is 6.92 Å². The number of nitrogens with two attached hydrogens (primary N) is 1. The smallest absolute Gasteiger partial charge is 0.320 e. The van der Waals surface area contributed by atoms with Gasteiger partial charge in [0.15, 0.2) is 5.82 Å². The number of nitrogens with one attached hydrogen (secondary N) is 3. The molecule has 1 saturated carbocycles. The molecule has 1 aliphatic heterocycles. The highest BCUT2D eigenvalue weighted by Crippen LogP contribution is 2.39. The molecule has 0 saturated heterocycles. The number of pyridine rings is 2. The van der Waals surface area contributed by atoms with Crippen molar-refractivity contribution in [2.45, 2.75) is 25.8 Å². The number of hydrogen-bond donors (Lipinski definition) is 4. The monoisotopic (exact) mass is 447 g/mol. The lowest BCUT2D eigenvalue weighted by Gasteiger charge is -2.31. The van der Waals surface area contributed by atoms with Crippen molar-refractivity contribution < 1.29 is 13.9 Å². The van der Waals surface area contributed by atoms with Gasteiger partial charge < -0.3 is 21.1 Å². The van der Waals surface area contributed by atoms with Crippen LogP contribution in [0.5, 0.6) is 5.88 Å². The molecule has 1 unspecified atom stereocenters. The zero-order chi connectivity index (χ0) is 23.1. The van der Waals surface area contributed by atoms with Crippen LogP contribution in [0.25, 0.3) is 21.9 Å². The average molecular weight is 447 g/mol. The highest BCUT2D eigenvalue weighted by atomic mass is 19.1. The highest BCUT2D eigenvalue weighted by Gasteiger charge is 2.32. The molecule has 0 bridgehead atoms. The molecular weight excluding hydrogens is 425 g/mol. The number of aromatic nitrogens is 2. The summed E-state index contributed by atoms with van der Waals surface area (Å²) < 4.78 is 20.8. The predicted octanol–water partition coefficient (Wildman–Crippen LogP) is 3.55. The maximum Gasteiger partial charge on any atom is 0.320 e. The summed E-state index contributed by atoms with van der Waals surface area (Å²) in [5.74, 6) is 0.0551. The minimum Gasteiger partial charge on any atom is -0.474 e. The van der Waals surface area contributed by atoms with Gasteiger partial charge in [0.2, 0.25) is 5.88 Å². The lowest BCUT2D eigenvalue weighted by Crippen LogP contribution is -2.47. The number of anilines is 3. The quantitative estimate of drug-likeness (QED) is 0.450. The van der Waals surface area contributed by atoms with E-state index in [-0.39, 0.29) is 17.6 Å². The number of nitrogens with zero attached hydrogens (tertiary/aromatic N) is 3. The molecule has 10 heteroatoms. The first-order valence-electron chi connectivity index (χ1n) is 10.7. The van der Waals surface area contributed by atoms with Crippen LogP contribution in [0, 0.1) is 30.0 Å². The molecule has 33 heavy (non-hydrogen) atoms. The van der Waals surface area contributed by atoms with E-state index in [1.165, 1.54) is 6.20 Å². The molecule has 2 aromatic heterocycles. The standard InChI is InChI=1S/C23H22FN7O2/c1-11-15(9-29-22-21(11)27-4-5-33-22)14-6-13-7-18(28-10-16(13)20(26)19(14)24)31-23(32)30-17-3-2-12(17)8-25/h6-7,9-10,12,17,27H,2-5,26H2,1H3,(H2,28,30,31,32)/t12?,17-/m0/s1. The molecular formula is C23H22FN7O2. The number of carbonyl (C=O) groups excluding carboxylic acids is 1. The molecule has 5 N–H and O–H groups in total. The predicted molar refractivity (Wildman–Crippen MR) is 122 cm³/mol. The second kappa shape index (κ2) is 8.09. The van der Waals surface area contributed by atoms with Gasteiger partial charge in [0.05, 0.1) is 17.7 Å². The number of benzene rings is 1. The minimum absolute atomic E-state index is 0.0290. The van der Waals surface area contributed by atoms with Crippen LogP contribution in [-0.4, -0.2) is 35.2 Å². The molecule has 168 valence electrons. The fraction of sp³-hybridized carbons (Fsp3) is 0.304. The van der Waals surface area contributed by atoms with E-state index in [4.69, 9.17) is 15.7 Å². The van der Waals surface area contributed by atoms with Crippen molar-refractivity contribution in [1.82, 2.24) is 15.3 Å². The fourth-order valence-electron chi connectivity index (χ4n) is 4.20. The Morgan fingerprint density at radius 1 is 1.30 bits per heavy atom. The molecule has 1 aromatic carbocycles. The number of amides is 2. The van der Waals surface area contributed by atoms with Crippen molar-refractivity contribution in [3.8, 4) is 23.1 Å². The zero-order valence-electron chi connectivity index (χ0n) is 17.9. The second-order valence-corrected chi connectivity index (χ2v) is 8.21. The number of urea groups is 1. The van der Waals surface area contributed by atoms with Gasteiger partial charge in [-0.3, -0.25) is 5.32 Å². The summed E-state index contributed by atoms with van der Waals surface area (Å²) in [6, 6.07) is 4.88. The Balaban J connectivity index is 1.48. The Labute approximate surface area is 189 Å². The third-order valence-electron chi connectivity index (χ3n) is 6.23. The number of rotatable bonds is 3. The van der Waals surface area contributed by atoms with Gasteiger partial charge in [0, 0.05) is 41.5 Å². The van der Waals surface area contributed by atoms with E-state index in [0.29, 0.717) is 46.7 Å². The lowest BCUT2D eigenvalue weighted by molar-refractivity contribution is 0.227. The van der Waals surface area contributed by atoms with Crippen LogP contribution >= 0.6 is 0 Å².